The Morgan fingerprint density at radius 3 is 2.69 bits per heavy atom. The largest absolute Gasteiger partial charge is 0.490 e. The molecule has 7 nitrogen and oxygen atoms in total. The molecule has 0 spiro atoms. The molecule has 0 radical (unpaired) electrons. The summed E-state index contributed by atoms with van der Waals surface area (Å²) in [5.41, 5.74) is 1.39. The number of ether oxygens (including phenoxy) is 2. The minimum absolute atomic E-state index is 0.0169. The van der Waals surface area contributed by atoms with Crippen LogP contribution in [0.25, 0.3) is 6.08 Å². The van der Waals surface area contributed by atoms with E-state index in [0.717, 1.165) is 5.56 Å². The van der Waals surface area contributed by atoms with Crippen LogP contribution in [0, 0.1) is 23.7 Å². The van der Waals surface area contributed by atoms with Crippen molar-refractivity contribution in [3.05, 3.63) is 71.3 Å². The van der Waals surface area contributed by atoms with Gasteiger partial charge >= 0.3 is 5.97 Å². The maximum Gasteiger partial charge on any atom is 0.335 e. The molecule has 0 bridgehead atoms. The standard InChI is InChI=1S/C25H22N2O5/c1-4-8-18-12-17(14-22(31-6-3)23(18)32-11-5-2)13-20(16-26)24(28)27-21-10-7-9-19(15-21)25(29)30/h2,4,7,9-10,12-15H,1,6,8,11H2,3H3,(H,27,28)(H,29,30)/b20-13-. The minimum atomic E-state index is -1.12. The molecule has 0 aliphatic heterocycles. The molecule has 0 saturated heterocycles. The molecular weight excluding hydrogens is 408 g/mol. The van der Waals surface area contributed by atoms with Gasteiger partial charge in [0.25, 0.3) is 5.91 Å². The van der Waals surface area contributed by atoms with Gasteiger partial charge in [0.2, 0.25) is 0 Å². The fourth-order valence-electron chi connectivity index (χ4n) is 2.86. The molecule has 0 atom stereocenters. The summed E-state index contributed by atoms with van der Waals surface area (Å²) in [5, 5.41) is 21.2. The van der Waals surface area contributed by atoms with Gasteiger partial charge in [0.15, 0.2) is 11.5 Å². The van der Waals surface area contributed by atoms with E-state index >= 15 is 0 Å². The first-order valence-electron chi connectivity index (χ1n) is 9.66. The van der Waals surface area contributed by atoms with E-state index < -0.39 is 11.9 Å². The number of carbonyl (C=O) groups excluding carboxylic acids is 1. The van der Waals surface area contributed by atoms with Crippen molar-refractivity contribution in [2.75, 3.05) is 18.5 Å². The summed E-state index contributed by atoms with van der Waals surface area (Å²) >= 11 is 0. The van der Waals surface area contributed by atoms with Crippen LogP contribution in [-0.2, 0) is 11.2 Å². The Labute approximate surface area is 186 Å². The second kappa shape index (κ2) is 11.6. The Morgan fingerprint density at radius 1 is 1.28 bits per heavy atom. The molecule has 162 valence electrons. The van der Waals surface area contributed by atoms with Crippen LogP contribution in [0.1, 0.15) is 28.4 Å². The first-order valence-corrected chi connectivity index (χ1v) is 9.66. The molecule has 0 aromatic heterocycles. The number of carboxylic acid groups (broad SMARTS) is 1. The highest BCUT2D eigenvalue weighted by Crippen LogP contribution is 2.34. The Balaban J connectivity index is 2.42. The minimum Gasteiger partial charge on any atom is -0.490 e. The molecule has 32 heavy (non-hydrogen) atoms. The number of terminal acetylenes is 1. The van der Waals surface area contributed by atoms with Crippen LogP contribution in [-0.4, -0.2) is 30.2 Å². The van der Waals surface area contributed by atoms with Crippen LogP contribution in [0.15, 0.2) is 54.6 Å². The number of nitrogens with one attached hydrogen (secondary N) is 1. The smallest absolute Gasteiger partial charge is 0.335 e. The van der Waals surface area contributed by atoms with Crippen molar-refractivity contribution in [1.29, 1.82) is 5.26 Å². The van der Waals surface area contributed by atoms with E-state index in [9.17, 15) is 14.9 Å². The molecule has 1 amide bonds. The first-order chi connectivity index (χ1) is 15.4. The van der Waals surface area contributed by atoms with Gasteiger partial charge in [-0.05, 0) is 55.3 Å². The summed E-state index contributed by atoms with van der Waals surface area (Å²) < 4.78 is 11.3. The predicted octanol–water partition coefficient (Wildman–Crippen LogP) is 4.07. The molecule has 0 aliphatic carbocycles. The molecule has 0 aliphatic rings. The fraction of sp³-hybridized carbons (Fsp3) is 0.160. The van der Waals surface area contributed by atoms with E-state index in [1.165, 1.54) is 30.3 Å². The summed E-state index contributed by atoms with van der Waals surface area (Å²) in [4.78, 5) is 23.7. The lowest BCUT2D eigenvalue weighted by molar-refractivity contribution is -0.112. The number of hydrogen-bond donors (Lipinski definition) is 2. The number of carboxylic acids is 1. The maximum absolute atomic E-state index is 12.6. The second-order valence-electron chi connectivity index (χ2n) is 6.44. The lowest BCUT2D eigenvalue weighted by Crippen LogP contribution is -2.14. The number of benzene rings is 2. The summed E-state index contributed by atoms with van der Waals surface area (Å²) in [7, 11) is 0. The molecule has 2 N–H and O–H groups in total. The third-order valence-electron chi connectivity index (χ3n) is 4.16. The Morgan fingerprint density at radius 2 is 2.06 bits per heavy atom. The molecule has 7 heteroatoms. The van der Waals surface area contributed by atoms with E-state index in [1.807, 2.05) is 13.0 Å². The van der Waals surface area contributed by atoms with Gasteiger partial charge in [0.1, 0.15) is 18.2 Å². The SMILES string of the molecule is C#CCOc1c(CC=C)cc(/C=C(/C#N)C(=O)Nc2cccc(C(=O)O)c2)cc1OCC. The lowest BCUT2D eigenvalue weighted by Gasteiger charge is -2.15. The molecule has 0 saturated carbocycles. The first kappa shape index (κ1) is 23.8. The summed E-state index contributed by atoms with van der Waals surface area (Å²) in [5.74, 6) is 1.53. The normalized spacial score (nSPS) is 10.4. The zero-order valence-electron chi connectivity index (χ0n) is 17.6. The average Bonchev–Trinajstić information content (AvgIpc) is 2.77. The Kier molecular flexibility index (Phi) is 8.65. The number of amides is 1. The van der Waals surface area contributed by atoms with Crippen LogP contribution >= 0.6 is 0 Å². The van der Waals surface area contributed by atoms with Gasteiger partial charge in [-0.15, -0.1) is 13.0 Å². The topological polar surface area (TPSA) is 109 Å². The zero-order valence-corrected chi connectivity index (χ0v) is 17.6. The number of nitriles is 1. The lowest BCUT2D eigenvalue weighted by atomic mass is 10.0. The van der Waals surface area contributed by atoms with Crippen molar-refractivity contribution in [3.8, 4) is 29.9 Å². The Hall–Kier alpha value is -4.49. The number of rotatable bonds is 10. The van der Waals surface area contributed by atoms with Crippen molar-refractivity contribution in [1.82, 2.24) is 0 Å². The number of anilines is 1. The van der Waals surface area contributed by atoms with E-state index in [4.69, 9.17) is 21.0 Å². The molecule has 2 aromatic carbocycles. The zero-order chi connectivity index (χ0) is 23.5. The molecule has 0 heterocycles. The van der Waals surface area contributed by atoms with Crippen molar-refractivity contribution < 1.29 is 24.2 Å². The van der Waals surface area contributed by atoms with Crippen LogP contribution < -0.4 is 14.8 Å². The van der Waals surface area contributed by atoms with E-state index in [0.29, 0.717) is 30.1 Å². The second-order valence-corrected chi connectivity index (χ2v) is 6.44. The number of carbonyl (C=O) groups is 2. The monoisotopic (exact) mass is 430 g/mol. The number of nitrogens with zero attached hydrogens (tertiary/aromatic N) is 1. The quantitative estimate of drug-likeness (QED) is 0.255. The summed E-state index contributed by atoms with van der Waals surface area (Å²) in [6.45, 7) is 5.99. The average molecular weight is 430 g/mol. The van der Waals surface area contributed by atoms with Gasteiger partial charge in [-0.3, -0.25) is 4.79 Å². The van der Waals surface area contributed by atoms with Gasteiger partial charge in [-0.25, -0.2) is 4.79 Å². The molecular formula is C25H22N2O5. The summed E-state index contributed by atoms with van der Waals surface area (Å²) in [6.07, 6.45) is 8.86. The third kappa shape index (κ3) is 6.25. The molecule has 0 fully saturated rings. The van der Waals surface area contributed by atoms with Crippen LogP contribution in [0.4, 0.5) is 5.69 Å². The fourth-order valence-corrected chi connectivity index (χ4v) is 2.86. The number of hydrogen-bond acceptors (Lipinski definition) is 5. The molecule has 0 unspecified atom stereocenters. The van der Waals surface area contributed by atoms with E-state index in [-0.39, 0.29) is 23.4 Å². The van der Waals surface area contributed by atoms with Crippen molar-refractivity contribution in [3.63, 3.8) is 0 Å². The van der Waals surface area contributed by atoms with Gasteiger partial charge in [0.05, 0.1) is 12.2 Å². The van der Waals surface area contributed by atoms with Crippen LogP contribution in [0.3, 0.4) is 0 Å². The van der Waals surface area contributed by atoms with E-state index in [1.54, 1.807) is 18.2 Å². The number of aromatic carboxylic acids is 1. The van der Waals surface area contributed by atoms with Gasteiger partial charge in [0, 0.05) is 11.3 Å². The van der Waals surface area contributed by atoms with Gasteiger partial charge in [-0.2, -0.15) is 5.26 Å². The number of allylic oxidation sites excluding steroid dienone is 1. The predicted molar refractivity (Wildman–Crippen MR) is 121 cm³/mol. The van der Waals surface area contributed by atoms with Crippen LogP contribution in [0.5, 0.6) is 11.5 Å². The van der Waals surface area contributed by atoms with Gasteiger partial charge < -0.3 is 19.9 Å². The van der Waals surface area contributed by atoms with Crippen LogP contribution in [0.2, 0.25) is 0 Å². The summed E-state index contributed by atoms with van der Waals surface area (Å²) in [6, 6.07) is 11.0. The van der Waals surface area contributed by atoms with E-state index in [2.05, 4.69) is 17.8 Å². The van der Waals surface area contributed by atoms with Crippen molar-refractivity contribution >= 4 is 23.6 Å². The Bertz CT molecular complexity index is 1140. The highest BCUT2D eigenvalue weighted by molar-refractivity contribution is 6.10. The molecule has 2 rings (SSSR count). The highest BCUT2D eigenvalue weighted by atomic mass is 16.5. The van der Waals surface area contributed by atoms with Gasteiger partial charge in [-0.1, -0.05) is 18.1 Å². The van der Waals surface area contributed by atoms with Crippen molar-refractivity contribution in [2.24, 2.45) is 0 Å². The van der Waals surface area contributed by atoms with Crippen molar-refractivity contribution in [2.45, 2.75) is 13.3 Å². The third-order valence-corrected chi connectivity index (χ3v) is 4.16. The molecule has 2 aromatic rings. The maximum atomic E-state index is 12.6. The highest BCUT2D eigenvalue weighted by Gasteiger charge is 2.15.